The number of piperazine rings is 1. The van der Waals surface area contributed by atoms with Crippen LogP contribution in [-0.4, -0.2) is 215 Å². The van der Waals surface area contributed by atoms with Crippen molar-refractivity contribution in [2.75, 3.05) is 56.7 Å². The highest BCUT2D eigenvalue weighted by molar-refractivity contribution is 6.05. The van der Waals surface area contributed by atoms with E-state index in [4.69, 9.17) is 19.9 Å². The zero-order chi connectivity index (χ0) is 60.6. The molecule has 2 saturated heterocycles. The van der Waals surface area contributed by atoms with Crippen LogP contribution in [0.15, 0.2) is 65.5 Å². The summed E-state index contributed by atoms with van der Waals surface area (Å²) in [5, 5.41) is 97.2. The van der Waals surface area contributed by atoms with E-state index in [0.29, 0.717) is 22.2 Å². The Labute approximate surface area is 472 Å². The van der Waals surface area contributed by atoms with E-state index in [1.165, 1.54) is 49.4 Å². The first kappa shape index (κ1) is 63.4. The number of aliphatic hydroxyl groups is 9. The number of carbonyl (C=O) groups excluding carboxylic acids is 6. The average Bonchev–Trinajstić information content (AvgIpc) is 4.12. The van der Waals surface area contributed by atoms with Crippen LogP contribution in [0.1, 0.15) is 44.2 Å². The molecule has 7 rings (SSSR count). The number of anilines is 2. The van der Waals surface area contributed by atoms with Crippen LogP contribution >= 0.6 is 0 Å². The third-order valence-corrected chi connectivity index (χ3v) is 14.8. The summed E-state index contributed by atoms with van der Waals surface area (Å²) in [6.45, 7) is 3.36. The topological polar surface area (TPSA) is 430 Å². The minimum atomic E-state index is -2.51. The van der Waals surface area contributed by atoms with Crippen molar-refractivity contribution in [3.63, 3.8) is 0 Å². The predicted molar refractivity (Wildman–Crippen MR) is 291 cm³/mol. The number of aliphatic hydroxyl groups excluding tert-OH is 9. The van der Waals surface area contributed by atoms with E-state index in [9.17, 15) is 79.5 Å². The first-order valence-electron chi connectivity index (χ1n) is 26.6. The van der Waals surface area contributed by atoms with Gasteiger partial charge in [-0.1, -0.05) is 30.3 Å². The van der Waals surface area contributed by atoms with E-state index in [1.807, 2.05) is 12.1 Å². The number of halogens is 1. The first-order valence-corrected chi connectivity index (χ1v) is 26.6. The van der Waals surface area contributed by atoms with Crippen molar-refractivity contribution < 1.29 is 93.3 Å². The number of ether oxygens (including phenoxy) is 3. The van der Waals surface area contributed by atoms with E-state index >= 15 is 4.39 Å². The summed E-state index contributed by atoms with van der Waals surface area (Å²) >= 11 is 0. The number of nitrogens with zero attached hydrogens (tertiary/aromatic N) is 3. The Morgan fingerprint density at radius 3 is 2.18 bits per heavy atom. The highest BCUT2D eigenvalue weighted by Crippen LogP contribution is 2.34. The standard InChI is InChI=1S/C55H69FN8O19/c1-25(58-52(78)31(26(2)67)21-38(70)45(73)48(76)50(39(71)22-65)83-54-49(77)47(75)46(74)40(23-66)82-54)36(68)18-29(19-41(57)72)37(69)17-27-7-9-28(10-8-27)24-81-55(80)62-44-42-32(56)5-4-6-34(42)61-53(79)43(44)51-59-33-12-11-30(20-35(33)60-51)64-15-13-63(3)14-16-64/h4-12,20,25-26,29,31,39-40,45-50,54,65-67,71,73-77H,13-19,21-24H2,1-3H3,(H2,57,72)(H,58,78)(H,59,60)(H2,61,62,79,80)/t25?,26?,29?,31?,39-,40-,45+,46+,47+,48+,49-,50+,54+/m1/s1. The second-order valence-corrected chi connectivity index (χ2v) is 20.9. The third kappa shape index (κ3) is 15.3. The van der Waals surface area contributed by atoms with Gasteiger partial charge in [0, 0.05) is 63.5 Å². The fourth-order valence-electron chi connectivity index (χ4n) is 9.81. The smallest absolute Gasteiger partial charge is 0.412 e. The molecule has 2 aromatic heterocycles. The molecule has 0 spiro atoms. The van der Waals surface area contributed by atoms with Crippen LogP contribution in [0.4, 0.5) is 20.6 Å². The molecule has 0 saturated carbocycles. The number of hydrogen-bond donors (Lipinski definition) is 14. The molecule has 0 bridgehead atoms. The zero-order valence-electron chi connectivity index (χ0n) is 45.5. The van der Waals surface area contributed by atoms with Crippen LogP contribution < -0.4 is 26.8 Å². The summed E-state index contributed by atoms with van der Waals surface area (Å²) in [7, 11) is 2.05. The lowest BCUT2D eigenvalue weighted by atomic mass is 9.88. The van der Waals surface area contributed by atoms with Gasteiger partial charge in [-0.05, 0) is 62.4 Å². The molecule has 5 aromatic rings. The number of nitrogens with one attached hydrogen (secondary N) is 4. The van der Waals surface area contributed by atoms with Gasteiger partial charge in [-0.3, -0.25) is 34.1 Å². The number of imidazole rings is 1. The lowest BCUT2D eigenvalue weighted by Gasteiger charge is -2.42. The van der Waals surface area contributed by atoms with Gasteiger partial charge in [-0.2, -0.15) is 0 Å². The molecule has 13 atom stereocenters. The minimum Gasteiger partial charge on any atom is -0.444 e. The highest BCUT2D eigenvalue weighted by atomic mass is 19.1. The lowest BCUT2D eigenvalue weighted by molar-refractivity contribution is -0.326. The second kappa shape index (κ2) is 27.9. The number of ketones is 3. The van der Waals surface area contributed by atoms with E-state index in [2.05, 4.69) is 42.4 Å². The maximum atomic E-state index is 15.6. The SMILES string of the molecule is CC(NC(=O)C(CC(=O)[C@H](O)[C@H](O)[C@@H](O[C@@H]1O[C@H](CO)[C@H](O)[C@H](O)[C@H]1O)[C@H](O)CO)C(C)O)C(=O)CC(CC(N)=O)C(=O)Cc1ccc(COC(=O)Nc2c(-c3nc4ccc(N5CCN(C)CC5)cc4[nH]3)c(=O)[nH]c3cccc(F)c23)cc1. The summed E-state index contributed by atoms with van der Waals surface area (Å²) in [4.78, 5) is 108. The van der Waals surface area contributed by atoms with Crippen molar-refractivity contribution in [3.8, 4) is 11.4 Å². The maximum Gasteiger partial charge on any atom is 0.412 e. The molecule has 28 heteroatoms. The van der Waals surface area contributed by atoms with Crippen molar-refractivity contribution >= 4 is 68.6 Å². The Balaban J connectivity index is 0.946. The van der Waals surface area contributed by atoms with Crippen LogP contribution in [0.5, 0.6) is 0 Å². The summed E-state index contributed by atoms with van der Waals surface area (Å²) in [6, 6.07) is 14.4. The number of Topliss-reactive ketones (excluding diaryl/α,β-unsaturated/α-hetero) is 3. The molecule has 3 amide bonds. The molecule has 2 aliphatic heterocycles. The number of fused-ring (bicyclic) bond motifs is 2. The molecule has 2 aliphatic rings. The Hall–Kier alpha value is -7.19. The van der Waals surface area contributed by atoms with Gasteiger partial charge in [0.25, 0.3) is 5.56 Å². The number of carbonyl (C=O) groups is 6. The van der Waals surface area contributed by atoms with Gasteiger partial charge in [0.15, 0.2) is 17.9 Å². The van der Waals surface area contributed by atoms with Gasteiger partial charge in [-0.25, -0.2) is 14.2 Å². The molecular formula is C55H69FN8O19. The van der Waals surface area contributed by atoms with Crippen molar-refractivity contribution in [2.24, 2.45) is 17.6 Å². The van der Waals surface area contributed by atoms with Gasteiger partial charge in [0.2, 0.25) is 11.8 Å². The van der Waals surface area contributed by atoms with E-state index < -0.39 is 158 Å². The number of nitrogens with two attached hydrogens (primary N) is 1. The number of amides is 3. The molecule has 0 radical (unpaired) electrons. The molecule has 0 aliphatic carbocycles. The van der Waals surface area contributed by atoms with Gasteiger partial charge >= 0.3 is 6.09 Å². The van der Waals surface area contributed by atoms with E-state index in [0.717, 1.165) is 38.8 Å². The number of rotatable bonds is 26. The summed E-state index contributed by atoms with van der Waals surface area (Å²) in [5.41, 5.74) is 7.49. The zero-order valence-corrected chi connectivity index (χ0v) is 45.5. The molecule has 27 nitrogen and oxygen atoms in total. The summed E-state index contributed by atoms with van der Waals surface area (Å²) < 4.78 is 31.6. The fourth-order valence-corrected chi connectivity index (χ4v) is 9.81. The van der Waals surface area contributed by atoms with Gasteiger partial charge < -0.3 is 91.0 Å². The van der Waals surface area contributed by atoms with Gasteiger partial charge in [-0.15, -0.1) is 0 Å². The highest BCUT2D eigenvalue weighted by Gasteiger charge is 2.48. The lowest BCUT2D eigenvalue weighted by Crippen LogP contribution is -2.61. The number of hydrogen-bond acceptors (Lipinski definition) is 22. The molecule has 2 fully saturated rings. The fraction of sp³-hybridized carbons (Fsp3) is 0.491. The number of aromatic amines is 2. The third-order valence-electron chi connectivity index (χ3n) is 14.8. The van der Waals surface area contributed by atoms with E-state index in [-0.39, 0.29) is 41.0 Å². The monoisotopic (exact) mass is 1160 g/mol. The summed E-state index contributed by atoms with van der Waals surface area (Å²) in [5.74, 6) is -8.34. The van der Waals surface area contributed by atoms with Crippen LogP contribution in [0.2, 0.25) is 0 Å². The number of aromatic nitrogens is 3. The molecule has 4 heterocycles. The number of primary amides is 1. The number of H-pyrrole nitrogens is 2. The molecule has 3 aromatic carbocycles. The van der Waals surface area contributed by atoms with Gasteiger partial charge in [0.05, 0.1) is 58.9 Å². The van der Waals surface area contributed by atoms with Crippen LogP contribution in [-0.2, 0) is 51.2 Å². The summed E-state index contributed by atoms with van der Waals surface area (Å²) in [6.07, 6.45) is -23.6. The van der Waals surface area contributed by atoms with Crippen LogP contribution in [0.25, 0.3) is 33.3 Å². The first-order chi connectivity index (χ1) is 39.4. The Morgan fingerprint density at radius 1 is 0.843 bits per heavy atom. The molecule has 83 heavy (non-hydrogen) atoms. The molecule has 15 N–H and O–H groups in total. The van der Waals surface area contributed by atoms with Crippen LogP contribution in [0.3, 0.4) is 0 Å². The van der Waals surface area contributed by atoms with Crippen molar-refractivity contribution in [1.29, 1.82) is 0 Å². The number of benzene rings is 3. The molecule has 450 valence electrons. The normalized spacial score (nSPS) is 21.5. The minimum absolute atomic E-state index is 0.0693. The van der Waals surface area contributed by atoms with Crippen molar-refractivity contribution in [1.82, 2.24) is 25.2 Å². The predicted octanol–water partition coefficient (Wildman–Crippen LogP) is -2.01. The number of pyridine rings is 1. The Kier molecular flexibility index (Phi) is 21.3. The van der Waals surface area contributed by atoms with Crippen molar-refractivity contribution in [3.05, 3.63) is 88.0 Å². The van der Waals surface area contributed by atoms with Crippen molar-refractivity contribution in [2.45, 2.75) is 113 Å². The maximum absolute atomic E-state index is 15.6. The van der Waals surface area contributed by atoms with Crippen LogP contribution in [0, 0.1) is 17.7 Å². The Bertz CT molecular complexity index is 3190. The molecule has 4 unspecified atom stereocenters. The Morgan fingerprint density at radius 2 is 1.53 bits per heavy atom. The largest absolute Gasteiger partial charge is 0.444 e. The average molecular weight is 1170 g/mol. The number of likely N-dealkylation sites (N-methyl/N-ethyl adjacent to an activating group) is 1. The second-order valence-electron chi connectivity index (χ2n) is 20.9. The van der Waals surface area contributed by atoms with Gasteiger partial charge in [0.1, 0.15) is 78.4 Å². The molecular weight excluding hydrogens is 1100 g/mol. The van der Waals surface area contributed by atoms with E-state index in [1.54, 1.807) is 6.07 Å². The quantitative estimate of drug-likeness (QED) is 0.0285.